The van der Waals surface area contributed by atoms with E-state index in [-0.39, 0.29) is 0 Å². The van der Waals surface area contributed by atoms with Crippen molar-refractivity contribution in [1.29, 1.82) is 0 Å². The van der Waals surface area contributed by atoms with Crippen LogP contribution in [0.1, 0.15) is 6.92 Å². The maximum atomic E-state index is 6.42. The number of nitrogens with zero attached hydrogens (tertiary/aromatic N) is 4. The van der Waals surface area contributed by atoms with Crippen LogP contribution < -0.4 is 14.5 Å². The van der Waals surface area contributed by atoms with Gasteiger partial charge in [-0.3, -0.25) is 0 Å². The van der Waals surface area contributed by atoms with Gasteiger partial charge < -0.3 is 14.5 Å². The van der Waals surface area contributed by atoms with Crippen molar-refractivity contribution in [3.8, 4) is 17.1 Å². The average Bonchev–Trinajstić information content (AvgIpc) is 2.84. The highest BCUT2D eigenvalue weighted by Gasteiger charge is 2.22. The number of aromatic nitrogens is 2. The van der Waals surface area contributed by atoms with Crippen LogP contribution in [0, 0.1) is 0 Å². The molecule has 2 heterocycles. The molecule has 0 aliphatic carbocycles. The zero-order valence-corrected chi connectivity index (χ0v) is 18.8. The predicted molar refractivity (Wildman–Crippen MR) is 132 cm³/mol. The minimum absolute atomic E-state index is 0.649. The van der Waals surface area contributed by atoms with Gasteiger partial charge in [0.2, 0.25) is 0 Å². The van der Waals surface area contributed by atoms with Gasteiger partial charge in [-0.25, -0.2) is 9.97 Å². The van der Waals surface area contributed by atoms with E-state index in [0.717, 1.165) is 70.7 Å². The number of hydrogen-bond donors (Lipinski definition) is 0. The molecule has 1 aliphatic rings. The number of ether oxygens (including phenoxy) is 1. The molecule has 4 aromatic rings. The lowest BCUT2D eigenvalue weighted by molar-refractivity contribution is 0.340. The second-order valence-electron chi connectivity index (χ2n) is 7.77. The van der Waals surface area contributed by atoms with E-state index in [0.29, 0.717) is 6.61 Å². The molecule has 0 unspecified atom stereocenters. The number of anilines is 2. The van der Waals surface area contributed by atoms with Gasteiger partial charge in [0.15, 0.2) is 5.82 Å². The van der Waals surface area contributed by atoms with Gasteiger partial charge in [0.25, 0.3) is 0 Å². The van der Waals surface area contributed by atoms with Gasteiger partial charge in [-0.15, -0.1) is 0 Å². The smallest absolute Gasteiger partial charge is 0.162 e. The Morgan fingerprint density at radius 2 is 1.50 bits per heavy atom. The van der Waals surface area contributed by atoms with E-state index in [1.165, 1.54) is 0 Å². The number of para-hydroxylation sites is 2. The van der Waals surface area contributed by atoms with E-state index in [2.05, 4.69) is 28.0 Å². The van der Waals surface area contributed by atoms with Gasteiger partial charge in [-0.05, 0) is 55.5 Å². The van der Waals surface area contributed by atoms with E-state index in [4.69, 9.17) is 26.3 Å². The summed E-state index contributed by atoms with van der Waals surface area (Å²) in [7, 11) is 0. The second kappa shape index (κ2) is 9.05. The van der Waals surface area contributed by atoms with Crippen LogP contribution in [0.3, 0.4) is 0 Å². The lowest BCUT2D eigenvalue weighted by Gasteiger charge is -2.37. The van der Waals surface area contributed by atoms with E-state index >= 15 is 0 Å². The third-order valence-electron chi connectivity index (χ3n) is 5.78. The first kappa shape index (κ1) is 20.6. The Morgan fingerprint density at radius 1 is 0.812 bits per heavy atom. The fourth-order valence-corrected chi connectivity index (χ4v) is 4.42. The van der Waals surface area contributed by atoms with Crippen molar-refractivity contribution in [3.05, 3.63) is 77.8 Å². The first-order chi connectivity index (χ1) is 15.7. The number of fused-ring (bicyclic) bond motifs is 1. The van der Waals surface area contributed by atoms with E-state index < -0.39 is 0 Å². The van der Waals surface area contributed by atoms with Crippen LogP contribution in [0.5, 0.6) is 5.75 Å². The van der Waals surface area contributed by atoms with Crippen molar-refractivity contribution in [2.24, 2.45) is 0 Å². The quantitative estimate of drug-likeness (QED) is 0.396. The summed E-state index contributed by atoms with van der Waals surface area (Å²) in [4.78, 5) is 14.6. The van der Waals surface area contributed by atoms with E-state index in [1.807, 2.05) is 61.5 Å². The molecule has 0 N–H and O–H groups in total. The maximum Gasteiger partial charge on any atom is 0.162 e. The first-order valence-electron chi connectivity index (χ1n) is 11.0. The number of hydrogen-bond acceptors (Lipinski definition) is 5. The van der Waals surface area contributed by atoms with Crippen molar-refractivity contribution in [2.75, 3.05) is 42.6 Å². The highest BCUT2D eigenvalue weighted by molar-refractivity contribution is 6.33. The fraction of sp³-hybridized carbons (Fsp3) is 0.231. The molecule has 32 heavy (non-hydrogen) atoms. The summed E-state index contributed by atoms with van der Waals surface area (Å²) in [6, 6.07) is 24.3. The molecule has 162 valence electrons. The van der Waals surface area contributed by atoms with Gasteiger partial charge in [0, 0.05) is 37.1 Å². The molecule has 0 bridgehead atoms. The summed E-state index contributed by atoms with van der Waals surface area (Å²) in [5.74, 6) is 2.57. The Morgan fingerprint density at radius 3 is 2.25 bits per heavy atom. The fourth-order valence-electron chi connectivity index (χ4n) is 4.16. The van der Waals surface area contributed by atoms with Crippen LogP contribution >= 0.6 is 11.6 Å². The van der Waals surface area contributed by atoms with Gasteiger partial charge in [0.05, 0.1) is 22.8 Å². The summed E-state index contributed by atoms with van der Waals surface area (Å²) in [5, 5.41) is 1.87. The molecule has 0 radical (unpaired) electrons. The molecule has 0 spiro atoms. The Bertz CT molecular complexity index is 1220. The number of piperazine rings is 1. The Balaban J connectivity index is 1.45. The minimum Gasteiger partial charge on any atom is -0.494 e. The van der Waals surface area contributed by atoms with Crippen molar-refractivity contribution < 1.29 is 4.74 Å². The van der Waals surface area contributed by atoms with Crippen LogP contribution in [-0.2, 0) is 0 Å². The maximum absolute atomic E-state index is 6.42. The molecule has 3 aromatic carbocycles. The van der Waals surface area contributed by atoms with E-state index in [1.54, 1.807) is 0 Å². The lowest BCUT2D eigenvalue weighted by atomic mass is 10.1. The highest BCUT2D eigenvalue weighted by atomic mass is 35.5. The Labute approximate surface area is 193 Å². The first-order valence-corrected chi connectivity index (χ1v) is 11.3. The molecular weight excluding hydrogens is 420 g/mol. The number of halogens is 1. The zero-order chi connectivity index (χ0) is 21.9. The van der Waals surface area contributed by atoms with Crippen LogP contribution in [0.15, 0.2) is 72.8 Å². The monoisotopic (exact) mass is 444 g/mol. The molecule has 1 saturated heterocycles. The van der Waals surface area contributed by atoms with Crippen LogP contribution in [-0.4, -0.2) is 42.8 Å². The van der Waals surface area contributed by atoms with Crippen molar-refractivity contribution in [1.82, 2.24) is 9.97 Å². The molecule has 1 aromatic heterocycles. The summed E-state index contributed by atoms with van der Waals surface area (Å²) in [5.41, 5.74) is 3.03. The van der Waals surface area contributed by atoms with Gasteiger partial charge in [-0.2, -0.15) is 0 Å². The molecule has 6 heteroatoms. The molecule has 0 atom stereocenters. The molecule has 5 rings (SSSR count). The third-order valence-corrected chi connectivity index (χ3v) is 6.10. The second-order valence-corrected chi connectivity index (χ2v) is 8.18. The summed E-state index contributed by atoms with van der Waals surface area (Å²) in [6.45, 7) is 6.15. The van der Waals surface area contributed by atoms with Gasteiger partial charge in [0.1, 0.15) is 11.6 Å². The van der Waals surface area contributed by atoms with Crippen LogP contribution in [0.4, 0.5) is 11.5 Å². The number of rotatable bonds is 5. The van der Waals surface area contributed by atoms with Crippen LogP contribution in [0.2, 0.25) is 5.02 Å². The normalized spacial score (nSPS) is 14.1. The summed E-state index contributed by atoms with van der Waals surface area (Å²) >= 11 is 6.42. The minimum atomic E-state index is 0.649. The molecule has 1 fully saturated rings. The van der Waals surface area contributed by atoms with Crippen LogP contribution in [0.25, 0.3) is 22.3 Å². The zero-order valence-electron chi connectivity index (χ0n) is 18.0. The number of benzene rings is 3. The Kier molecular flexibility index (Phi) is 5.82. The van der Waals surface area contributed by atoms with Crippen molar-refractivity contribution in [2.45, 2.75) is 6.92 Å². The Hall–Kier alpha value is -3.31. The van der Waals surface area contributed by atoms with E-state index in [9.17, 15) is 0 Å². The summed E-state index contributed by atoms with van der Waals surface area (Å²) in [6.07, 6.45) is 0. The van der Waals surface area contributed by atoms with Crippen molar-refractivity contribution in [3.63, 3.8) is 0 Å². The van der Waals surface area contributed by atoms with Gasteiger partial charge in [-0.1, -0.05) is 35.9 Å². The van der Waals surface area contributed by atoms with Gasteiger partial charge >= 0.3 is 0 Å². The SMILES string of the molecule is CCOc1ccc(-c2nc(N3CCN(c4ccccc4Cl)CC3)c3ccccc3n2)cc1. The molecule has 0 amide bonds. The topological polar surface area (TPSA) is 41.5 Å². The van der Waals surface area contributed by atoms with Crippen molar-refractivity contribution >= 4 is 34.0 Å². The molecule has 5 nitrogen and oxygen atoms in total. The lowest BCUT2D eigenvalue weighted by Crippen LogP contribution is -2.47. The summed E-state index contributed by atoms with van der Waals surface area (Å²) < 4.78 is 5.58. The predicted octanol–water partition coefficient (Wildman–Crippen LogP) is 5.68. The standard InChI is InChI=1S/C26H25ClN4O/c1-2-32-20-13-11-19(12-14-20)25-28-23-9-5-3-7-21(23)26(29-25)31-17-15-30(16-18-31)24-10-6-4-8-22(24)27/h3-14H,2,15-18H2,1H3. The average molecular weight is 445 g/mol. The molecule has 1 aliphatic heterocycles. The molecular formula is C26H25ClN4O. The third kappa shape index (κ3) is 4.08. The largest absolute Gasteiger partial charge is 0.494 e. The molecule has 0 saturated carbocycles. The highest BCUT2D eigenvalue weighted by Crippen LogP contribution is 2.31.